The third kappa shape index (κ3) is 4.81. The van der Waals surface area contributed by atoms with E-state index in [1.807, 2.05) is 24.3 Å². The van der Waals surface area contributed by atoms with Gasteiger partial charge in [0.2, 0.25) is 5.75 Å². The first-order valence-corrected chi connectivity index (χ1v) is 9.85. The number of aromatic carboxylic acids is 1. The molecule has 0 unspecified atom stereocenters. The first kappa shape index (κ1) is 20.6. The Morgan fingerprint density at radius 2 is 2.03 bits per heavy atom. The third-order valence-corrected chi connectivity index (χ3v) is 5.47. The van der Waals surface area contributed by atoms with Crippen molar-refractivity contribution in [3.05, 3.63) is 61.8 Å². The number of rotatable bonds is 6. The molecule has 0 atom stereocenters. The number of amides is 1. The van der Waals surface area contributed by atoms with Crippen LogP contribution in [0, 0.1) is 0 Å². The summed E-state index contributed by atoms with van der Waals surface area (Å²) >= 11 is 4.54. The normalized spacial score (nSPS) is 10.5. The Balaban J connectivity index is 1.71. The van der Waals surface area contributed by atoms with Gasteiger partial charge in [0, 0.05) is 10.9 Å². The number of carbonyl (C=O) groups excluding carboxylic acids is 1. The van der Waals surface area contributed by atoms with Crippen molar-refractivity contribution in [1.82, 2.24) is 9.97 Å². The number of hydrogen-bond donors (Lipinski definition) is 4. The van der Waals surface area contributed by atoms with E-state index in [4.69, 9.17) is 9.84 Å². The van der Waals surface area contributed by atoms with Gasteiger partial charge in [-0.25, -0.2) is 14.6 Å². The van der Waals surface area contributed by atoms with Gasteiger partial charge >= 0.3 is 12.1 Å². The summed E-state index contributed by atoms with van der Waals surface area (Å²) in [7, 11) is 0. The summed E-state index contributed by atoms with van der Waals surface area (Å²) in [5, 5.41) is 22.8. The van der Waals surface area contributed by atoms with Crippen LogP contribution in [0.5, 0.6) is 5.75 Å². The van der Waals surface area contributed by atoms with Crippen LogP contribution in [0.3, 0.4) is 0 Å². The molecule has 0 fully saturated rings. The van der Waals surface area contributed by atoms with Crippen LogP contribution in [0.1, 0.15) is 16.1 Å². The zero-order chi connectivity index (χ0) is 21.0. The highest BCUT2D eigenvalue weighted by Crippen LogP contribution is 2.31. The fraction of sp³-hybridized carbons (Fsp3) is 0.111. The highest BCUT2D eigenvalue weighted by Gasteiger charge is 2.20. The fourth-order valence-corrected chi connectivity index (χ4v) is 3.69. The predicted molar refractivity (Wildman–Crippen MR) is 110 cm³/mol. The second-order valence-electron chi connectivity index (χ2n) is 5.68. The maximum absolute atomic E-state index is 12.1. The summed E-state index contributed by atoms with van der Waals surface area (Å²) in [6.45, 7) is 0.144. The number of aromatic nitrogens is 2. The molecule has 2 heterocycles. The van der Waals surface area contributed by atoms with Gasteiger partial charge in [-0.1, -0.05) is 34.1 Å². The molecule has 0 saturated carbocycles. The number of thiophene rings is 1. The van der Waals surface area contributed by atoms with Crippen LogP contribution in [-0.4, -0.2) is 38.9 Å². The minimum absolute atomic E-state index is 0.0938. The van der Waals surface area contributed by atoms with Crippen LogP contribution in [0.25, 0.3) is 10.7 Å². The molecule has 1 aromatic carbocycles. The Kier molecular flexibility index (Phi) is 6.29. The van der Waals surface area contributed by atoms with Crippen LogP contribution in [0.2, 0.25) is 0 Å². The molecule has 11 heteroatoms. The largest absolute Gasteiger partial charge is 0.501 e. The van der Waals surface area contributed by atoms with Gasteiger partial charge in [0.05, 0.1) is 17.2 Å². The van der Waals surface area contributed by atoms with E-state index in [1.54, 1.807) is 11.4 Å². The maximum Gasteiger partial charge on any atom is 0.411 e. The highest BCUT2D eigenvalue weighted by molar-refractivity contribution is 9.10. The van der Waals surface area contributed by atoms with Crippen LogP contribution < -0.4 is 10.9 Å². The molecule has 0 aliphatic heterocycles. The topological polar surface area (TPSA) is 142 Å². The van der Waals surface area contributed by atoms with Crippen LogP contribution >= 0.6 is 27.3 Å². The minimum Gasteiger partial charge on any atom is -0.501 e. The Hall–Kier alpha value is -3.18. The number of aromatic hydroxyl groups is 1. The molecule has 29 heavy (non-hydrogen) atoms. The molecule has 1 amide bonds. The van der Waals surface area contributed by atoms with Gasteiger partial charge in [0.15, 0.2) is 11.5 Å². The number of carboxylic acid groups (broad SMARTS) is 1. The zero-order valence-corrected chi connectivity index (χ0v) is 17.0. The van der Waals surface area contributed by atoms with Crippen LogP contribution in [-0.2, 0) is 11.2 Å². The molecule has 2 aromatic heterocycles. The second kappa shape index (κ2) is 8.88. The lowest BCUT2D eigenvalue weighted by atomic mass is 10.2. The van der Waals surface area contributed by atoms with Crippen LogP contribution in [0.15, 0.2) is 45.0 Å². The quantitative estimate of drug-likeness (QED) is 0.423. The molecule has 3 aromatic rings. The standard InChI is InChI=1S/C18H14BrN3O6S/c19-10-4-2-1-3-9(10)5-7-28-18(27)20-11-6-8-29-14(11)15-21-12(17(25)26)13(23)16(24)22-15/h1-4,6,8,23H,5,7H2,(H,20,27)(H,25,26)(H,21,22,24). The van der Waals surface area contributed by atoms with E-state index >= 15 is 0 Å². The van der Waals surface area contributed by atoms with Gasteiger partial charge in [-0.3, -0.25) is 10.1 Å². The molecule has 0 aliphatic rings. The average Bonchev–Trinajstić information content (AvgIpc) is 3.13. The summed E-state index contributed by atoms with van der Waals surface area (Å²) < 4.78 is 6.09. The Bertz CT molecular complexity index is 1130. The molecule has 4 N–H and O–H groups in total. The third-order valence-electron chi connectivity index (χ3n) is 3.78. The lowest BCUT2D eigenvalue weighted by molar-refractivity contribution is 0.0686. The van der Waals surface area contributed by atoms with Gasteiger partial charge in [0.25, 0.3) is 5.56 Å². The van der Waals surface area contributed by atoms with E-state index in [2.05, 4.69) is 31.2 Å². The number of hydrogen-bond acceptors (Lipinski definition) is 7. The second-order valence-corrected chi connectivity index (χ2v) is 7.45. The number of carboxylic acids is 1. The van der Waals surface area contributed by atoms with Crippen molar-refractivity contribution in [3.63, 3.8) is 0 Å². The number of halogens is 1. The molecule has 0 saturated heterocycles. The van der Waals surface area contributed by atoms with Gasteiger partial charge in [-0.05, 0) is 23.1 Å². The SMILES string of the molecule is O=C(Nc1ccsc1-c1nc(C(=O)O)c(O)c(=O)[nH]1)OCCc1ccccc1Br. The summed E-state index contributed by atoms with van der Waals surface area (Å²) in [6, 6.07) is 9.13. The summed E-state index contributed by atoms with van der Waals surface area (Å²) in [4.78, 5) is 41.4. The molecule has 0 radical (unpaired) electrons. The average molecular weight is 480 g/mol. The van der Waals surface area contributed by atoms with E-state index in [-0.39, 0.29) is 18.1 Å². The van der Waals surface area contributed by atoms with E-state index in [9.17, 15) is 19.5 Å². The first-order valence-electron chi connectivity index (χ1n) is 8.18. The molecule has 9 nitrogen and oxygen atoms in total. The van der Waals surface area contributed by atoms with Crippen molar-refractivity contribution in [2.24, 2.45) is 0 Å². The minimum atomic E-state index is -1.55. The first-order chi connectivity index (χ1) is 13.9. The maximum atomic E-state index is 12.1. The Labute approximate surface area is 176 Å². The number of nitrogens with zero attached hydrogens (tertiary/aromatic N) is 1. The molecular formula is C18H14BrN3O6S. The molecule has 0 spiro atoms. The zero-order valence-electron chi connectivity index (χ0n) is 14.6. The number of aromatic amines is 1. The van der Waals surface area contributed by atoms with E-state index in [0.29, 0.717) is 11.3 Å². The molecule has 150 valence electrons. The van der Waals surface area contributed by atoms with Gasteiger partial charge in [-0.2, -0.15) is 0 Å². The summed E-state index contributed by atoms with van der Waals surface area (Å²) in [5.74, 6) is -2.63. The van der Waals surface area contributed by atoms with Gasteiger partial charge < -0.3 is 19.9 Å². The molecule has 0 bridgehead atoms. The van der Waals surface area contributed by atoms with Gasteiger partial charge in [-0.15, -0.1) is 11.3 Å². The monoisotopic (exact) mass is 479 g/mol. The highest BCUT2D eigenvalue weighted by atomic mass is 79.9. The number of benzene rings is 1. The summed E-state index contributed by atoms with van der Waals surface area (Å²) in [5.41, 5.74) is -0.503. The van der Waals surface area contributed by atoms with E-state index in [0.717, 1.165) is 21.4 Å². The van der Waals surface area contributed by atoms with Crippen LogP contribution in [0.4, 0.5) is 10.5 Å². The molecular weight excluding hydrogens is 466 g/mol. The predicted octanol–water partition coefficient (Wildman–Crippen LogP) is 3.46. The van der Waals surface area contributed by atoms with E-state index in [1.165, 1.54) is 0 Å². The number of carbonyl (C=O) groups is 2. The Morgan fingerprint density at radius 1 is 1.28 bits per heavy atom. The lowest BCUT2D eigenvalue weighted by Gasteiger charge is -2.09. The van der Waals surface area contributed by atoms with Crippen molar-refractivity contribution in [1.29, 1.82) is 0 Å². The Morgan fingerprint density at radius 3 is 2.76 bits per heavy atom. The smallest absolute Gasteiger partial charge is 0.411 e. The number of nitrogens with one attached hydrogen (secondary N) is 2. The van der Waals surface area contributed by atoms with Crippen molar-refractivity contribution in [2.75, 3.05) is 11.9 Å². The number of ether oxygens (including phenoxy) is 1. The number of H-pyrrole nitrogens is 1. The lowest BCUT2D eigenvalue weighted by Crippen LogP contribution is -2.17. The summed E-state index contributed by atoms with van der Waals surface area (Å²) in [6.07, 6.45) is -0.198. The molecule has 0 aliphatic carbocycles. The van der Waals surface area contributed by atoms with Crippen molar-refractivity contribution >= 4 is 45.0 Å². The van der Waals surface area contributed by atoms with E-state index < -0.39 is 29.1 Å². The molecule has 3 rings (SSSR count). The number of anilines is 1. The van der Waals surface area contributed by atoms with Gasteiger partial charge in [0.1, 0.15) is 0 Å². The fourth-order valence-electron chi connectivity index (χ4n) is 2.42. The van der Waals surface area contributed by atoms with Crippen molar-refractivity contribution in [2.45, 2.75) is 6.42 Å². The van der Waals surface area contributed by atoms with Crippen molar-refractivity contribution < 1.29 is 24.5 Å². The van der Waals surface area contributed by atoms with Crippen molar-refractivity contribution in [3.8, 4) is 16.5 Å².